The Kier molecular flexibility index (Phi) is 3.87. The van der Waals surface area contributed by atoms with E-state index in [9.17, 15) is 4.79 Å². The molecule has 0 radical (unpaired) electrons. The first kappa shape index (κ1) is 13.2. The van der Waals surface area contributed by atoms with E-state index < -0.39 is 5.91 Å². The van der Waals surface area contributed by atoms with Crippen LogP contribution in [0.15, 0.2) is 36.5 Å². The SMILES string of the molecule is COc1cc(Oc2ccc(Cl)cn2)cc(C(N)=O)c1. The molecule has 98 valence electrons. The molecule has 0 fully saturated rings. The van der Waals surface area contributed by atoms with Crippen LogP contribution in [0.2, 0.25) is 5.02 Å². The van der Waals surface area contributed by atoms with Gasteiger partial charge in [-0.15, -0.1) is 0 Å². The molecule has 0 unspecified atom stereocenters. The Labute approximate surface area is 114 Å². The predicted molar refractivity (Wildman–Crippen MR) is 70.8 cm³/mol. The Balaban J connectivity index is 2.31. The number of primary amides is 1. The molecule has 0 aliphatic carbocycles. The summed E-state index contributed by atoms with van der Waals surface area (Å²) in [6.07, 6.45) is 1.46. The van der Waals surface area contributed by atoms with Crippen molar-refractivity contribution in [1.29, 1.82) is 0 Å². The van der Waals surface area contributed by atoms with Gasteiger partial charge in [0.15, 0.2) is 0 Å². The van der Waals surface area contributed by atoms with Crippen LogP contribution in [0.1, 0.15) is 10.4 Å². The fourth-order valence-electron chi connectivity index (χ4n) is 1.43. The first-order valence-corrected chi connectivity index (χ1v) is 5.74. The van der Waals surface area contributed by atoms with Crippen LogP contribution in [0.5, 0.6) is 17.4 Å². The standard InChI is InChI=1S/C13H11ClN2O3/c1-18-10-4-8(13(15)17)5-11(6-10)19-12-3-2-9(14)7-16-12/h2-7H,1H3,(H2,15,17). The Morgan fingerprint density at radius 2 is 2.00 bits per heavy atom. The summed E-state index contributed by atoms with van der Waals surface area (Å²) in [6, 6.07) is 7.94. The second-order valence-electron chi connectivity index (χ2n) is 3.68. The molecule has 6 heteroatoms. The minimum Gasteiger partial charge on any atom is -0.497 e. The number of hydrogen-bond acceptors (Lipinski definition) is 4. The van der Waals surface area contributed by atoms with E-state index in [4.69, 9.17) is 26.8 Å². The fraction of sp³-hybridized carbons (Fsp3) is 0.0769. The quantitative estimate of drug-likeness (QED) is 0.933. The normalized spacial score (nSPS) is 10.0. The topological polar surface area (TPSA) is 74.4 Å². The van der Waals surface area contributed by atoms with Gasteiger partial charge in [-0.2, -0.15) is 0 Å². The summed E-state index contributed by atoms with van der Waals surface area (Å²) < 4.78 is 10.6. The molecular formula is C13H11ClN2O3. The van der Waals surface area contributed by atoms with E-state index in [1.807, 2.05) is 0 Å². The molecule has 1 aromatic carbocycles. The summed E-state index contributed by atoms with van der Waals surface area (Å²) in [5.74, 6) is 0.670. The van der Waals surface area contributed by atoms with E-state index >= 15 is 0 Å². The van der Waals surface area contributed by atoms with Crippen LogP contribution < -0.4 is 15.2 Å². The number of carbonyl (C=O) groups excluding carboxylic acids is 1. The fourth-order valence-corrected chi connectivity index (χ4v) is 1.55. The van der Waals surface area contributed by atoms with Gasteiger partial charge in [0.05, 0.1) is 12.1 Å². The van der Waals surface area contributed by atoms with Crippen LogP contribution in [0.4, 0.5) is 0 Å². The molecule has 2 rings (SSSR count). The molecule has 5 nitrogen and oxygen atoms in total. The van der Waals surface area contributed by atoms with E-state index in [0.29, 0.717) is 28.0 Å². The van der Waals surface area contributed by atoms with Crippen LogP contribution in [-0.2, 0) is 0 Å². The van der Waals surface area contributed by atoms with Crippen LogP contribution in [0, 0.1) is 0 Å². The number of rotatable bonds is 4. The molecule has 1 heterocycles. The van der Waals surface area contributed by atoms with Crippen molar-refractivity contribution in [3.8, 4) is 17.4 Å². The van der Waals surface area contributed by atoms with Crippen LogP contribution in [0.25, 0.3) is 0 Å². The second-order valence-corrected chi connectivity index (χ2v) is 4.11. The third kappa shape index (κ3) is 3.35. The summed E-state index contributed by atoms with van der Waals surface area (Å²) in [4.78, 5) is 15.2. The summed E-state index contributed by atoms with van der Waals surface area (Å²) >= 11 is 5.73. The van der Waals surface area contributed by atoms with E-state index in [1.165, 1.54) is 25.4 Å². The van der Waals surface area contributed by atoms with Crippen molar-refractivity contribution in [2.45, 2.75) is 0 Å². The van der Waals surface area contributed by atoms with Crippen LogP contribution in [-0.4, -0.2) is 18.0 Å². The Morgan fingerprint density at radius 1 is 1.26 bits per heavy atom. The molecule has 1 amide bonds. The third-order valence-corrected chi connectivity index (χ3v) is 2.55. The van der Waals surface area contributed by atoms with Gasteiger partial charge in [0.1, 0.15) is 11.5 Å². The van der Waals surface area contributed by atoms with Crippen molar-refractivity contribution in [2.75, 3.05) is 7.11 Å². The molecule has 0 atom stereocenters. The molecule has 1 aromatic heterocycles. The number of amides is 1. The smallest absolute Gasteiger partial charge is 0.248 e. The minimum atomic E-state index is -0.562. The summed E-state index contributed by atoms with van der Waals surface area (Å²) in [5.41, 5.74) is 5.53. The molecule has 0 aliphatic rings. The van der Waals surface area contributed by atoms with Gasteiger partial charge >= 0.3 is 0 Å². The zero-order chi connectivity index (χ0) is 13.8. The molecular weight excluding hydrogens is 268 g/mol. The number of carbonyl (C=O) groups is 1. The molecule has 0 bridgehead atoms. The number of methoxy groups -OCH3 is 1. The number of pyridine rings is 1. The second kappa shape index (κ2) is 5.58. The highest BCUT2D eigenvalue weighted by atomic mass is 35.5. The highest BCUT2D eigenvalue weighted by Gasteiger charge is 2.08. The van der Waals surface area contributed by atoms with Crippen molar-refractivity contribution in [1.82, 2.24) is 4.98 Å². The maximum absolute atomic E-state index is 11.2. The molecule has 0 aliphatic heterocycles. The summed E-state index contributed by atoms with van der Waals surface area (Å²) in [5, 5.41) is 0.510. The highest BCUT2D eigenvalue weighted by Crippen LogP contribution is 2.26. The van der Waals surface area contributed by atoms with Gasteiger partial charge in [0.25, 0.3) is 0 Å². The largest absolute Gasteiger partial charge is 0.497 e. The number of hydrogen-bond donors (Lipinski definition) is 1. The Hall–Kier alpha value is -2.27. The average molecular weight is 279 g/mol. The van der Waals surface area contributed by atoms with Crippen molar-refractivity contribution < 1.29 is 14.3 Å². The molecule has 0 saturated heterocycles. The third-order valence-electron chi connectivity index (χ3n) is 2.32. The van der Waals surface area contributed by atoms with Crippen molar-refractivity contribution in [3.05, 3.63) is 47.1 Å². The zero-order valence-corrected chi connectivity index (χ0v) is 10.8. The number of nitrogens with zero attached hydrogens (tertiary/aromatic N) is 1. The predicted octanol–water partition coefficient (Wildman–Crippen LogP) is 2.63. The highest BCUT2D eigenvalue weighted by molar-refractivity contribution is 6.30. The molecule has 19 heavy (non-hydrogen) atoms. The van der Waals surface area contributed by atoms with Gasteiger partial charge in [-0.25, -0.2) is 4.98 Å². The van der Waals surface area contributed by atoms with Gasteiger partial charge in [0.2, 0.25) is 11.8 Å². The van der Waals surface area contributed by atoms with E-state index in [2.05, 4.69) is 4.98 Å². The van der Waals surface area contributed by atoms with Crippen LogP contribution >= 0.6 is 11.6 Å². The number of nitrogens with two attached hydrogens (primary N) is 1. The lowest BCUT2D eigenvalue weighted by Crippen LogP contribution is -2.11. The zero-order valence-electron chi connectivity index (χ0n) is 10.1. The monoisotopic (exact) mass is 278 g/mol. The maximum Gasteiger partial charge on any atom is 0.248 e. The minimum absolute atomic E-state index is 0.295. The van der Waals surface area contributed by atoms with Crippen molar-refractivity contribution in [3.63, 3.8) is 0 Å². The maximum atomic E-state index is 11.2. The molecule has 0 saturated carbocycles. The van der Waals surface area contributed by atoms with Crippen LogP contribution in [0.3, 0.4) is 0 Å². The van der Waals surface area contributed by atoms with E-state index in [0.717, 1.165) is 0 Å². The Morgan fingerprint density at radius 3 is 2.58 bits per heavy atom. The molecule has 2 N–H and O–H groups in total. The van der Waals surface area contributed by atoms with E-state index in [-0.39, 0.29) is 0 Å². The summed E-state index contributed by atoms with van der Waals surface area (Å²) in [7, 11) is 1.49. The average Bonchev–Trinajstić information content (AvgIpc) is 2.41. The lowest BCUT2D eigenvalue weighted by molar-refractivity contribution is 0.0999. The van der Waals surface area contributed by atoms with Crippen molar-refractivity contribution in [2.24, 2.45) is 5.73 Å². The van der Waals surface area contributed by atoms with Gasteiger partial charge in [-0.1, -0.05) is 11.6 Å². The number of halogens is 1. The Bertz CT molecular complexity index is 599. The van der Waals surface area contributed by atoms with E-state index in [1.54, 1.807) is 18.2 Å². The summed E-state index contributed by atoms with van der Waals surface area (Å²) in [6.45, 7) is 0. The lowest BCUT2D eigenvalue weighted by Gasteiger charge is -2.08. The molecule has 0 spiro atoms. The van der Waals surface area contributed by atoms with Gasteiger partial charge in [0, 0.05) is 23.9 Å². The van der Waals surface area contributed by atoms with Gasteiger partial charge in [-0.05, 0) is 18.2 Å². The van der Waals surface area contributed by atoms with Gasteiger partial charge < -0.3 is 15.2 Å². The van der Waals surface area contributed by atoms with Crippen molar-refractivity contribution >= 4 is 17.5 Å². The number of aromatic nitrogens is 1. The molecule has 2 aromatic rings. The first-order chi connectivity index (χ1) is 9.08. The first-order valence-electron chi connectivity index (χ1n) is 5.37. The number of benzene rings is 1. The lowest BCUT2D eigenvalue weighted by atomic mass is 10.2. The van der Waals surface area contributed by atoms with Gasteiger partial charge in [-0.3, -0.25) is 4.79 Å². The number of ether oxygens (including phenoxy) is 2.